The molecule has 0 aromatic carbocycles. The molecular weight excluding hydrogens is 164 g/mol. The van der Waals surface area contributed by atoms with Crippen LogP contribution in [0.4, 0.5) is 0 Å². The Morgan fingerprint density at radius 1 is 1.23 bits per heavy atom. The van der Waals surface area contributed by atoms with Crippen molar-refractivity contribution in [2.24, 2.45) is 4.99 Å². The van der Waals surface area contributed by atoms with Gasteiger partial charge in [0.15, 0.2) is 0 Å². The molecule has 0 atom stereocenters. The number of ketones is 1. The molecule has 70 valence electrons. The van der Waals surface area contributed by atoms with Crippen LogP contribution in [0, 0.1) is 0 Å². The molecule has 2 aliphatic rings. The highest BCUT2D eigenvalue weighted by molar-refractivity contribution is 5.87. The highest BCUT2D eigenvalue weighted by Crippen LogP contribution is 2.12. The first-order valence-electron chi connectivity index (χ1n) is 4.84. The fraction of sp³-hybridized carbons (Fsp3) is 0.600. The average Bonchev–Trinajstić information content (AvgIpc) is 2.20. The van der Waals surface area contributed by atoms with Crippen molar-refractivity contribution in [1.82, 2.24) is 4.90 Å². The Kier molecular flexibility index (Phi) is 2.43. The number of likely N-dealkylation sites (tertiary alicyclic amines) is 1. The number of nitrogens with zero attached hydrogens (tertiary/aromatic N) is 2. The summed E-state index contributed by atoms with van der Waals surface area (Å²) in [6.45, 7) is 1.73. The van der Waals surface area contributed by atoms with Crippen LogP contribution in [0.1, 0.15) is 25.7 Å². The molecule has 0 unspecified atom stereocenters. The molecule has 0 aliphatic carbocycles. The number of carbonyl (C=O) groups excluding carboxylic acids is 1. The van der Waals surface area contributed by atoms with Crippen LogP contribution in [-0.4, -0.2) is 29.6 Å². The number of amidine groups is 1. The van der Waals surface area contributed by atoms with Gasteiger partial charge >= 0.3 is 0 Å². The van der Waals surface area contributed by atoms with Crippen LogP contribution in [0.5, 0.6) is 0 Å². The fourth-order valence-corrected chi connectivity index (χ4v) is 1.74. The maximum absolute atomic E-state index is 11.0. The predicted molar refractivity (Wildman–Crippen MR) is 51.6 cm³/mol. The molecule has 13 heavy (non-hydrogen) atoms. The molecule has 1 fully saturated rings. The van der Waals surface area contributed by atoms with E-state index in [2.05, 4.69) is 16.0 Å². The van der Waals surface area contributed by atoms with Crippen molar-refractivity contribution < 1.29 is 4.79 Å². The molecule has 1 saturated heterocycles. The van der Waals surface area contributed by atoms with E-state index < -0.39 is 0 Å². The fourth-order valence-electron chi connectivity index (χ4n) is 1.74. The predicted octanol–water partition coefficient (Wildman–Crippen LogP) is 1.36. The molecule has 0 bridgehead atoms. The minimum atomic E-state index is 0.392. The van der Waals surface area contributed by atoms with E-state index in [9.17, 15) is 4.79 Å². The first-order valence-corrected chi connectivity index (χ1v) is 4.84. The van der Waals surface area contributed by atoms with Gasteiger partial charge in [0.2, 0.25) is 0 Å². The summed E-state index contributed by atoms with van der Waals surface area (Å²) in [5, 5.41) is 0. The molecule has 3 heteroatoms. The second kappa shape index (κ2) is 3.73. The normalized spacial score (nSPS) is 23.2. The van der Waals surface area contributed by atoms with Crippen LogP contribution < -0.4 is 0 Å². The van der Waals surface area contributed by atoms with Crippen LogP contribution in [0.25, 0.3) is 0 Å². The average molecular weight is 178 g/mol. The van der Waals surface area contributed by atoms with Crippen LogP contribution >= 0.6 is 0 Å². The Bertz CT molecular complexity index is 258. The van der Waals surface area contributed by atoms with Gasteiger partial charge in [-0.1, -0.05) is 6.08 Å². The van der Waals surface area contributed by atoms with Gasteiger partial charge in [0.25, 0.3) is 0 Å². The van der Waals surface area contributed by atoms with Gasteiger partial charge < -0.3 is 4.90 Å². The van der Waals surface area contributed by atoms with E-state index in [1.165, 1.54) is 0 Å². The monoisotopic (exact) mass is 178 g/mol. The van der Waals surface area contributed by atoms with Crippen LogP contribution in [0.15, 0.2) is 17.3 Å². The number of hydrogen-bond acceptors (Lipinski definition) is 3. The summed E-state index contributed by atoms with van der Waals surface area (Å²) in [5.41, 5.74) is 0. The van der Waals surface area contributed by atoms with E-state index in [4.69, 9.17) is 0 Å². The van der Waals surface area contributed by atoms with Crippen LogP contribution in [0.3, 0.4) is 0 Å². The Hall–Kier alpha value is -1.12. The van der Waals surface area contributed by atoms with Crippen LogP contribution in [-0.2, 0) is 4.79 Å². The Morgan fingerprint density at radius 2 is 2.00 bits per heavy atom. The summed E-state index contributed by atoms with van der Waals surface area (Å²) in [6.07, 6.45) is 7.47. The molecule has 2 rings (SSSR count). The lowest BCUT2D eigenvalue weighted by Gasteiger charge is -2.29. The number of aliphatic imine (C=N–C) groups is 1. The number of hydrogen-bond donors (Lipinski definition) is 0. The highest BCUT2D eigenvalue weighted by Gasteiger charge is 2.18. The van der Waals surface area contributed by atoms with E-state index in [1.807, 2.05) is 6.20 Å². The maximum Gasteiger partial charge on any atom is 0.136 e. The van der Waals surface area contributed by atoms with Crippen molar-refractivity contribution in [1.29, 1.82) is 0 Å². The third-order valence-electron chi connectivity index (χ3n) is 2.55. The molecule has 0 N–H and O–H groups in total. The second-order valence-corrected chi connectivity index (χ2v) is 3.49. The molecule has 0 aromatic heterocycles. The molecule has 3 nitrogen and oxygen atoms in total. The third-order valence-corrected chi connectivity index (χ3v) is 2.55. The molecule has 0 saturated carbocycles. The van der Waals surface area contributed by atoms with Gasteiger partial charge in [-0.05, 0) is 6.42 Å². The van der Waals surface area contributed by atoms with E-state index in [0.29, 0.717) is 18.6 Å². The first-order chi connectivity index (χ1) is 6.36. The highest BCUT2D eigenvalue weighted by atomic mass is 16.1. The molecule has 0 spiro atoms. The summed E-state index contributed by atoms with van der Waals surface area (Å²) in [7, 11) is 0. The number of rotatable bonds is 0. The molecule has 0 amide bonds. The number of allylic oxidation sites excluding steroid dienone is 1. The Morgan fingerprint density at radius 3 is 2.62 bits per heavy atom. The lowest BCUT2D eigenvalue weighted by Crippen LogP contribution is -2.38. The standard InChI is InChI=1S/C10H14N2O/c13-9-4-7-12(8-5-9)10-3-1-2-6-11-10/h2,6H,1,3-5,7-8H2. The largest absolute Gasteiger partial charge is 0.359 e. The third kappa shape index (κ3) is 1.97. The summed E-state index contributed by atoms with van der Waals surface area (Å²) in [6, 6.07) is 0. The molecule has 0 radical (unpaired) electrons. The minimum absolute atomic E-state index is 0.392. The van der Waals surface area contributed by atoms with Gasteiger partial charge in [-0.2, -0.15) is 0 Å². The first kappa shape index (κ1) is 8.48. The van der Waals surface area contributed by atoms with E-state index in [1.54, 1.807) is 0 Å². The van der Waals surface area contributed by atoms with Crippen molar-refractivity contribution in [2.45, 2.75) is 25.7 Å². The zero-order valence-corrected chi connectivity index (χ0v) is 7.70. The van der Waals surface area contributed by atoms with E-state index >= 15 is 0 Å². The van der Waals surface area contributed by atoms with Crippen molar-refractivity contribution >= 4 is 11.6 Å². The Labute approximate surface area is 78.1 Å². The zero-order chi connectivity index (χ0) is 9.10. The lowest BCUT2D eigenvalue weighted by molar-refractivity contribution is -0.120. The molecule has 2 aliphatic heterocycles. The van der Waals surface area contributed by atoms with Crippen molar-refractivity contribution in [3.63, 3.8) is 0 Å². The number of carbonyl (C=O) groups is 1. The second-order valence-electron chi connectivity index (χ2n) is 3.49. The minimum Gasteiger partial charge on any atom is -0.359 e. The van der Waals surface area contributed by atoms with Crippen molar-refractivity contribution in [2.75, 3.05) is 13.1 Å². The maximum atomic E-state index is 11.0. The van der Waals surface area contributed by atoms with E-state index in [0.717, 1.165) is 31.8 Å². The van der Waals surface area contributed by atoms with Gasteiger partial charge in [-0.15, -0.1) is 0 Å². The van der Waals surface area contributed by atoms with E-state index in [-0.39, 0.29) is 0 Å². The Balaban J connectivity index is 1.97. The SMILES string of the molecule is O=C1CCN(C2=NC=CCC2)CC1. The summed E-state index contributed by atoms with van der Waals surface area (Å²) in [4.78, 5) is 17.6. The molecule has 2 heterocycles. The van der Waals surface area contributed by atoms with Crippen molar-refractivity contribution in [3.05, 3.63) is 12.3 Å². The van der Waals surface area contributed by atoms with Gasteiger partial charge in [0.1, 0.15) is 11.6 Å². The summed E-state index contributed by atoms with van der Waals surface area (Å²) < 4.78 is 0. The van der Waals surface area contributed by atoms with Gasteiger partial charge in [-0.25, -0.2) is 4.99 Å². The molecule has 0 aromatic rings. The van der Waals surface area contributed by atoms with Gasteiger partial charge in [-0.3, -0.25) is 4.79 Å². The summed E-state index contributed by atoms with van der Waals surface area (Å²) >= 11 is 0. The number of Topliss-reactive ketones (excluding diaryl/α,β-unsaturated/α-hetero) is 1. The molecular formula is C10H14N2O. The quantitative estimate of drug-likeness (QED) is 0.561. The van der Waals surface area contributed by atoms with Crippen molar-refractivity contribution in [3.8, 4) is 0 Å². The van der Waals surface area contributed by atoms with Crippen LogP contribution in [0.2, 0.25) is 0 Å². The summed E-state index contributed by atoms with van der Waals surface area (Å²) in [5.74, 6) is 1.55. The number of piperidine rings is 1. The van der Waals surface area contributed by atoms with Gasteiger partial charge in [0, 0.05) is 38.6 Å². The lowest BCUT2D eigenvalue weighted by atomic mass is 10.1. The topological polar surface area (TPSA) is 32.7 Å². The van der Waals surface area contributed by atoms with Gasteiger partial charge in [0.05, 0.1) is 0 Å². The zero-order valence-electron chi connectivity index (χ0n) is 7.70. The smallest absolute Gasteiger partial charge is 0.136 e.